The molecule has 0 spiro atoms. The lowest BCUT2D eigenvalue weighted by atomic mass is 9.94. The van der Waals surface area contributed by atoms with Gasteiger partial charge < -0.3 is 19.3 Å². The van der Waals surface area contributed by atoms with E-state index in [1.165, 1.54) is 4.31 Å². The number of carbonyl (C=O) groups is 1. The number of carboxylic acid groups (broad SMARTS) is 1. The average molecular weight is 552 g/mol. The Kier molecular flexibility index (Phi) is 7.81. The number of sulfonamides is 1. The molecule has 3 aromatic rings. The minimum Gasteiger partial charge on any atom is -0.492 e. The first-order valence-electron chi connectivity index (χ1n) is 13.1. The Morgan fingerprint density at radius 2 is 1.85 bits per heavy atom. The van der Waals surface area contributed by atoms with Crippen LogP contribution in [0.1, 0.15) is 41.0 Å². The van der Waals surface area contributed by atoms with Gasteiger partial charge in [-0.25, -0.2) is 8.42 Å². The summed E-state index contributed by atoms with van der Waals surface area (Å²) in [5.74, 6) is 1.34. The van der Waals surface area contributed by atoms with E-state index in [4.69, 9.17) is 19.3 Å². The number of carboxylic acids is 1. The lowest BCUT2D eigenvalue weighted by Crippen LogP contribution is -2.30. The molecular formula is C30H33NO7S. The van der Waals surface area contributed by atoms with Crippen molar-refractivity contribution in [3.63, 3.8) is 0 Å². The predicted octanol–water partition coefficient (Wildman–Crippen LogP) is 4.91. The highest BCUT2D eigenvalue weighted by Crippen LogP contribution is 2.38. The molecule has 1 N–H and O–H groups in total. The second-order valence-corrected chi connectivity index (χ2v) is 12.2. The van der Waals surface area contributed by atoms with E-state index in [2.05, 4.69) is 12.1 Å². The Bertz CT molecular complexity index is 1460. The summed E-state index contributed by atoms with van der Waals surface area (Å²) < 4.78 is 43.1. The number of benzene rings is 3. The van der Waals surface area contributed by atoms with Gasteiger partial charge in [0.2, 0.25) is 10.0 Å². The van der Waals surface area contributed by atoms with Gasteiger partial charge in [0, 0.05) is 30.6 Å². The fourth-order valence-corrected chi connectivity index (χ4v) is 6.89. The van der Waals surface area contributed by atoms with Gasteiger partial charge in [0.05, 0.1) is 18.8 Å². The molecule has 2 aliphatic rings. The summed E-state index contributed by atoms with van der Waals surface area (Å²) in [6.45, 7) is 6.09. The van der Waals surface area contributed by atoms with Gasteiger partial charge in [0.15, 0.2) is 0 Å². The second-order valence-electron chi connectivity index (χ2n) is 10.1. The van der Waals surface area contributed by atoms with Gasteiger partial charge in [-0.2, -0.15) is 4.31 Å². The molecule has 206 valence electrons. The van der Waals surface area contributed by atoms with Crippen LogP contribution >= 0.6 is 0 Å². The van der Waals surface area contributed by atoms with Crippen molar-refractivity contribution in [2.24, 2.45) is 0 Å². The van der Waals surface area contributed by atoms with Crippen LogP contribution in [0.25, 0.3) is 11.1 Å². The molecule has 0 aliphatic carbocycles. The highest BCUT2D eigenvalue weighted by molar-refractivity contribution is 7.89. The van der Waals surface area contributed by atoms with E-state index in [1.54, 1.807) is 0 Å². The highest BCUT2D eigenvalue weighted by atomic mass is 32.2. The molecule has 2 heterocycles. The predicted molar refractivity (Wildman–Crippen MR) is 148 cm³/mol. The van der Waals surface area contributed by atoms with Crippen LogP contribution in [-0.4, -0.2) is 55.9 Å². The Balaban J connectivity index is 1.23. The van der Waals surface area contributed by atoms with Crippen molar-refractivity contribution in [3.05, 3.63) is 76.9 Å². The number of aryl methyl sites for hydroxylation is 2. The summed E-state index contributed by atoms with van der Waals surface area (Å²) in [6, 6.07) is 17.8. The normalized spacial score (nSPS) is 17.9. The number of fused-ring (bicyclic) bond motifs is 1. The smallest absolute Gasteiger partial charge is 0.304 e. The van der Waals surface area contributed by atoms with Crippen molar-refractivity contribution < 1.29 is 32.5 Å². The van der Waals surface area contributed by atoms with Gasteiger partial charge >= 0.3 is 5.97 Å². The standard InChI is InChI=1S/C30H33NO7S/c1-20-13-26(36-11-10-31-9-4-12-39(31,34)35)14-21(2)30(20)23-6-3-5-22(15-23)18-37-25-7-8-27-24(16-29(32)33)19-38-28(27)17-25/h3,5-8,13-15,17,24H,4,9-12,16,18-19H2,1-2H3,(H,32,33)/t24-/m1/s1. The Hall–Kier alpha value is -3.56. The first-order chi connectivity index (χ1) is 18.7. The zero-order chi connectivity index (χ0) is 27.6. The van der Waals surface area contributed by atoms with E-state index in [0.717, 1.165) is 39.1 Å². The van der Waals surface area contributed by atoms with Gasteiger partial charge in [-0.3, -0.25) is 4.79 Å². The van der Waals surface area contributed by atoms with E-state index < -0.39 is 16.0 Å². The lowest BCUT2D eigenvalue weighted by Gasteiger charge is -2.17. The topological polar surface area (TPSA) is 102 Å². The van der Waals surface area contributed by atoms with Crippen LogP contribution in [0.4, 0.5) is 0 Å². The van der Waals surface area contributed by atoms with Crippen molar-refractivity contribution in [3.8, 4) is 28.4 Å². The van der Waals surface area contributed by atoms with Gasteiger partial charge in [-0.15, -0.1) is 0 Å². The van der Waals surface area contributed by atoms with Crippen molar-refractivity contribution in [1.29, 1.82) is 0 Å². The zero-order valence-corrected chi connectivity index (χ0v) is 23.0. The minimum absolute atomic E-state index is 0.0505. The van der Waals surface area contributed by atoms with E-state index in [1.807, 2.05) is 56.3 Å². The van der Waals surface area contributed by atoms with Crippen LogP contribution in [0.5, 0.6) is 17.2 Å². The molecule has 9 heteroatoms. The monoisotopic (exact) mass is 551 g/mol. The SMILES string of the molecule is Cc1cc(OCCN2CCCS2(=O)=O)cc(C)c1-c1cccc(COc2ccc3c(c2)OC[C@H]3CC(=O)O)c1. The molecule has 0 saturated carbocycles. The fraction of sp³-hybridized carbons (Fsp3) is 0.367. The average Bonchev–Trinajstić information content (AvgIpc) is 3.43. The maximum absolute atomic E-state index is 12.0. The molecule has 3 aromatic carbocycles. The third kappa shape index (κ3) is 6.20. The van der Waals surface area contributed by atoms with E-state index >= 15 is 0 Å². The molecule has 0 radical (unpaired) electrons. The van der Waals surface area contributed by atoms with Crippen LogP contribution in [0.3, 0.4) is 0 Å². The molecule has 1 saturated heterocycles. The summed E-state index contributed by atoms with van der Waals surface area (Å²) in [5, 5.41) is 9.10. The van der Waals surface area contributed by atoms with E-state index in [0.29, 0.717) is 50.8 Å². The Morgan fingerprint density at radius 3 is 2.56 bits per heavy atom. The number of rotatable bonds is 10. The molecule has 39 heavy (non-hydrogen) atoms. The first-order valence-corrected chi connectivity index (χ1v) is 14.7. The zero-order valence-electron chi connectivity index (χ0n) is 22.2. The maximum Gasteiger partial charge on any atom is 0.304 e. The van der Waals surface area contributed by atoms with Crippen molar-refractivity contribution in [2.75, 3.05) is 32.1 Å². The van der Waals surface area contributed by atoms with Crippen LogP contribution in [0.2, 0.25) is 0 Å². The molecule has 0 unspecified atom stereocenters. The van der Waals surface area contributed by atoms with Crippen LogP contribution in [0.15, 0.2) is 54.6 Å². The molecule has 1 fully saturated rings. The van der Waals surface area contributed by atoms with Gasteiger partial charge in [0.1, 0.15) is 30.5 Å². The maximum atomic E-state index is 12.0. The first kappa shape index (κ1) is 27.0. The quantitative estimate of drug-likeness (QED) is 0.382. The summed E-state index contributed by atoms with van der Waals surface area (Å²) in [6.07, 6.45) is 0.727. The highest BCUT2D eigenvalue weighted by Gasteiger charge is 2.28. The van der Waals surface area contributed by atoms with Crippen molar-refractivity contribution in [1.82, 2.24) is 4.31 Å². The summed E-state index contributed by atoms with van der Waals surface area (Å²) in [4.78, 5) is 11.1. The number of hydrogen-bond acceptors (Lipinski definition) is 6. The molecule has 0 amide bonds. The van der Waals surface area contributed by atoms with Crippen molar-refractivity contribution >= 4 is 16.0 Å². The van der Waals surface area contributed by atoms with E-state index in [9.17, 15) is 13.2 Å². The largest absolute Gasteiger partial charge is 0.492 e. The number of nitrogens with zero attached hydrogens (tertiary/aromatic N) is 1. The van der Waals surface area contributed by atoms with Gasteiger partial charge in [0.25, 0.3) is 0 Å². The third-order valence-electron chi connectivity index (χ3n) is 7.23. The number of ether oxygens (including phenoxy) is 3. The Morgan fingerprint density at radius 1 is 1.05 bits per heavy atom. The van der Waals surface area contributed by atoms with Gasteiger partial charge in [-0.05, 0) is 72.4 Å². The molecular weight excluding hydrogens is 518 g/mol. The molecule has 0 aromatic heterocycles. The third-order valence-corrected chi connectivity index (χ3v) is 9.18. The molecule has 5 rings (SSSR count). The second kappa shape index (κ2) is 11.3. The summed E-state index contributed by atoms with van der Waals surface area (Å²) in [5.41, 5.74) is 6.28. The molecule has 0 bridgehead atoms. The number of hydrogen-bond donors (Lipinski definition) is 1. The minimum atomic E-state index is -3.12. The molecule has 8 nitrogen and oxygen atoms in total. The molecule has 2 aliphatic heterocycles. The summed E-state index contributed by atoms with van der Waals surface area (Å²) >= 11 is 0. The van der Waals surface area contributed by atoms with Crippen LogP contribution in [0, 0.1) is 13.8 Å². The lowest BCUT2D eigenvalue weighted by molar-refractivity contribution is -0.137. The molecule has 1 atom stereocenters. The Labute approximate surface area is 229 Å². The fourth-order valence-electron chi connectivity index (χ4n) is 5.38. The number of aliphatic carboxylic acids is 1. The van der Waals surface area contributed by atoms with Gasteiger partial charge in [-0.1, -0.05) is 24.3 Å². The van der Waals surface area contributed by atoms with Crippen LogP contribution < -0.4 is 14.2 Å². The van der Waals surface area contributed by atoms with Crippen LogP contribution in [-0.2, 0) is 21.4 Å². The van der Waals surface area contributed by atoms with Crippen molar-refractivity contribution in [2.45, 2.75) is 39.2 Å². The summed E-state index contributed by atoms with van der Waals surface area (Å²) in [7, 11) is -3.12. The van der Waals surface area contributed by atoms with E-state index in [-0.39, 0.29) is 18.1 Å².